The average molecular weight is 701 g/mol. The highest BCUT2D eigenvalue weighted by molar-refractivity contribution is 5.92. The van der Waals surface area contributed by atoms with Gasteiger partial charge in [-0.3, -0.25) is 14.4 Å². The number of hydrogen-bond acceptors (Lipinski definition) is 6. The molecule has 0 aliphatic heterocycles. The van der Waals surface area contributed by atoms with Crippen LogP contribution < -0.4 is 21.7 Å². The molecule has 0 radical (unpaired) electrons. The molecule has 3 aromatic carbocycles. The number of carbonyl (C=O) groups is 4. The molecule has 0 aliphatic rings. The molecule has 3 rings (SSSR count). The fourth-order valence-electron chi connectivity index (χ4n) is 5.96. The van der Waals surface area contributed by atoms with Crippen molar-refractivity contribution in [2.24, 2.45) is 17.6 Å². The lowest BCUT2D eigenvalue weighted by Gasteiger charge is -2.30. The number of nitrogens with one attached hydrogen (secondary N) is 3. The summed E-state index contributed by atoms with van der Waals surface area (Å²) < 4.78 is 5.51. The fourth-order valence-corrected chi connectivity index (χ4v) is 5.96. The summed E-state index contributed by atoms with van der Waals surface area (Å²) in [7, 11) is 0. The molecule has 6 N–H and O–H groups in total. The van der Waals surface area contributed by atoms with E-state index in [1.165, 1.54) is 0 Å². The van der Waals surface area contributed by atoms with Crippen molar-refractivity contribution < 1.29 is 29.0 Å². The van der Waals surface area contributed by atoms with Gasteiger partial charge in [-0.2, -0.15) is 0 Å². The van der Waals surface area contributed by atoms with Gasteiger partial charge >= 0.3 is 6.09 Å². The van der Waals surface area contributed by atoms with Crippen LogP contribution in [-0.4, -0.2) is 58.8 Å². The van der Waals surface area contributed by atoms with Crippen molar-refractivity contribution in [3.05, 3.63) is 108 Å². The molecular formula is C41H56N4O6. The summed E-state index contributed by atoms with van der Waals surface area (Å²) in [4.78, 5) is 53.0. The number of aliphatic hydroxyl groups excluding tert-OH is 1. The smallest absolute Gasteiger partial charge is 0.407 e. The Bertz CT molecular complexity index is 1510. The van der Waals surface area contributed by atoms with Gasteiger partial charge in [0, 0.05) is 12.3 Å². The van der Waals surface area contributed by atoms with Gasteiger partial charge in [0.1, 0.15) is 17.7 Å². The number of hydrogen-bond donors (Lipinski definition) is 5. The van der Waals surface area contributed by atoms with Crippen LogP contribution in [0.3, 0.4) is 0 Å². The van der Waals surface area contributed by atoms with E-state index in [0.717, 1.165) is 23.1 Å². The third-order valence-electron chi connectivity index (χ3n) is 8.51. The lowest BCUT2D eigenvalue weighted by atomic mass is 9.88. The molecule has 4 amide bonds. The zero-order chi connectivity index (χ0) is 37.4. The minimum Gasteiger partial charge on any atom is -0.444 e. The number of aryl methyl sites for hydroxylation is 1. The van der Waals surface area contributed by atoms with Crippen LogP contribution in [0, 0.1) is 11.8 Å². The first-order valence-corrected chi connectivity index (χ1v) is 17.9. The second kappa shape index (κ2) is 20.2. The highest BCUT2D eigenvalue weighted by Crippen LogP contribution is 2.21. The SMILES string of the molecule is CC(C)C[C@H](NC(=O)[C@@H](CCCc1ccccc1)C[C@H](O)[C@H](Cc1ccccc1)NC(=O)OC(C)(C)C)C(=O)N[C@@H](Cc1ccccc1)C(N)=O. The van der Waals surface area contributed by atoms with Crippen LogP contribution in [0.15, 0.2) is 91.0 Å². The van der Waals surface area contributed by atoms with Gasteiger partial charge in [0.15, 0.2) is 0 Å². The van der Waals surface area contributed by atoms with E-state index >= 15 is 0 Å². The van der Waals surface area contributed by atoms with Crippen molar-refractivity contribution in [1.82, 2.24) is 16.0 Å². The molecule has 0 heterocycles. The van der Waals surface area contributed by atoms with Gasteiger partial charge in [-0.25, -0.2) is 4.79 Å². The Morgan fingerprint density at radius 2 is 1.22 bits per heavy atom. The quantitative estimate of drug-likeness (QED) is 0.115. The van der Waals surface area contributed by atoms with Crippen molar-refractivity contribution in [2.45, 2.75) is 109 Å². The van der Waals surface area contributed by atoms with Crippen LogP contribution in [0.25, 0.3) is 0 Å². The summed E-state index contributed by atoms with van der Waals surface area (Å²) in [5.74, 6) is -2.23. The molecule has 0 unspecified atom stereocenters. The molecule has 0 spiro atoms. The number of carbonyl (C=O) groups excluding carboxylic acids is 4. The van der Waals surface area contributed by atoms with Gasteiger partial charge < -0.3 is 31.5 Å². The lowest BCUT2D eigenvalue weighted by Crippen LogP contribution is -2.55. The first kappa shape index (κ1) is 40.7. The third-order valence-corrected chi connectivity index (χ3v) is 8.51. The van der Waals surface area contributed by atoms with E-state index in [0.29, 0.717) is 25.7 Å². The normalized spacial score (nSPS) is 14.4. The van der Waals surface area contributed by atoms with Gasteiger partial charge in [-0.15, -0.1) is 0 Å². The van der Waals surface area contributed by atoms with Crippen molar-refractivity contribution in [3.8, 4) is 0 Å². The van der Waals surface area contributed by atoms with E-state index in [2.05, 4.69) is 16.0 Å². The molecule has 51 heavy (non-hydrogen) atoms. The Morgan fingerprint density at radius 1 is 0.706 bits per heavy atom. The number of alkyl carbamates (subject to hydrolysis) is 1. The van der Waals surface area contributed by atoms with Crippen LogP contribution in [0.1, 0.15) is 77.0 Å². The standard InChI is InChI=1S/C41H56N4O6/c1-28(2)24-35(39(49)43-34(37(42)47)26-31-20-13-8-14-21-31)44-38(48)32(23-15-22-29-16-9-6-10-17-29)27-36(46)33(25-30-18-11-7-12-19-30)45-40(50)51-41(3,4)5/h6-14,16-21,28,32-36,46H,15,22-27H2,1-5H3,(H2,42,47)(H,43,49)(H,44,48)(H,45,50)/t32-,33-,34-,35-,36-/m0/s1. The minimum absolute atomic E-state index is 0.0296. The first-order valence-electron chi connectivity index (χ1n) is 17.9. The van der Waals surface area contributed by atoms with Gasteiger partial charge in [0.25, 0.3) is 0 Å². The Balaban J connectivity index is 1.83. The second-order valence-electron chi connectivity index (χ2n) is 14.7. The number of ether oxygens (including phenoxy) is 1. The Kier molecular flexibility index (Phi) is 16.2. The van der Waals surface area contributed by atoms with E-state index in [-0.39, 0.29) is 18.8 Å². The minimum atomic E-state index is -1.12. The Labute approximate surface area is 302 Å². The van der Waals surface area contributed by atoms with Crippen molar-refractivity contribution in [2.75, 3.05) is 0 Å². The maximum absolute atomic E-state index is 14.1. The summed E-state index contributed by atoms with van der Waals surface area (Å²) in [6, 6.07) is 26.0. The predicted molar refractivity (Wildman–Crippen MR) is 199 cm³/mol. The number of nitrogens with two attached hydrogens (primary N) is 1. The molecule has 276 valence electrons. The number of amides is 4. The molecule has 0 aromatic heterocycles. The maximum Gasteiger partial charge on any atom is 0.407 e. The molecule has 3 aromatic rings. The van der Waals surface area contributed by atoms with E-state index < -0.39 is 59.6 Å². The molecule has 5 atom stereocenters. The molecule has 0 fully saturated rings. The summed E-state index contributed by atoms with van der Waals surface area (Å²) in [5.41, 5.74) is 7.80. The van der Waals surface area contributed by atoms with E-state index in [1.54, 1.807) is 20.8 Å². The van der Waals surface area contributed by atoms with E-state index in [4.69, 9.17) is 10.5 Å². The van der Waals surface area contributed by atoms with Crippen molar-refractivity contribution in [3.63, 3.8) is 0 Å². The Hall–Kier alpha value is -4.70. The highest BCUT2D eigenvalue weighted by Gasteiger charge is 2.33. The zero-order valence-corrected chi connectivity index (χ0v) is 30.6. The monoisotopic (exact) mass is 700 g/mol. The topological polar surface area (TPSA) is 160 Å². The van der Waals surface area contributed by atoms with Crippen LogP contribution in [0.5, 0.6) is 0 Å². The summed E-state index contributed by atoms with van der Waals surface area (Å²) in [5, 5.41) is 20.2. The third kappa shape index (κ3) is 15.4. The van der Waals surface area contributed by atoms with Gasteiger partial charge in [-0.1, -0.05) is 105 Å². The Morgan fingerprint density at radius 3 is 1.73 bits per heavy atom. The van der Waals surface area contributed by atoms with Gasteiger partial charge in [0.05, 0.1) is 12.1 Å². The zero-order valence-electron chi connectivity index (χ0n) is 30.6. The fraction of sp³-hybridized carbons (Fsp3) is 0.463. The predicted octanol–water partition coefficient (Wildman–Crippen LogP) is 5.26. The number of primary amides is 1. The maximum atomic E-state index is 14.1. The van der Waals surface area contributed by atoms with Crippen LogP contribution in [0.4, 0.5) is 4.79 Å². The molecular weight excluding hydrogens is 644 g/mol. The molecule has 0 saturated carbocycles. The molecule has 0 bridgehead atoms. The summed E-state index contributed by atoms with van der Waals surface area (Å²) in [6.45, 7) is 9.18. The molecule has 10 nitrogen and oxygen atoms in total. The van der Waals surface area contributed by atoms with E-state index in [1.807, 2.05) is 105 Å². The van der Waals surface area contributed by atoms with Crippen molar-refractivity contribution in [1.29, 1.82) is 0 Å². The number of rotatable bonds is 19. The number of aliphatic hydroxyl groups is 1. The molecule has 0 saturated heterocycles. The molecule has 0 aliphatic carbocycles. The lowest BCUT2D eigenvalue weighted by molar-refractivity contribution is -0.133. The molecule has 10 heteroatoms. The van der Waals surface area contributed by atoms with Crippen LogP contribution in [0.2, 0.25) is 0 Å². The average Bonchev–Trinajstić information content (AvgIpc) is 3.07. The first-order chi connectivity index (χ1) is 24.2. The summed E-state index contributed by atoms with van der Waals surface area (Å²) >= 11 is 0. The van der Waals surface area contributed by atoms with Gasteiger partial charge in [-0.05, 0) is 81.9 Å². The largest absolute Gasteiger partial charge is 0.444 e. The van der Waals surface area contributed by atoms with Gasteiger partial charge in [0.2, 0.25) is 17.7 Å². The second-order valence-corrected chi connectivity index (χ2v) is 14.7. The van der Waals surface area contributed by atoms with E-state index in [9.17, 15) is 24.3 Å². The highest BCUT2D eigenvalue weighted by atomic mass is 16.6. The number of benzene rings is 3. The van der Waals surface area contributed by atoms with Crippen LogP contribution >= 0.6 is 0 Å². The van der Waals surface area contributed by atoms with Crippen molar-refractivity contribution >= 4 is 23.8 Å². The van der Waals surface area contributed by atoms with Crippen LogP contribution in [-0.2, 0) is 38.4 Å². The summed E-state index contributed by atoms with van der Waals surface area (Å²) in [6.07, 6.45) is 0.899.